The molecule has 0 saturated heterocycles. The number of carbonyl (C=O) groups is 3. The molecule has 4 rings (SSSR count). The van der Waals surface area contributed by atoms with Crippen molar-refractivity contribution in [3.8, 4) is 23.0 Å². The van der Waals surface area contributed by atoms with Crippen LogP contribution in [0.2, 0.25) is 0 Å². The van der Waals surface area contributed by atoms with Crippen molar-refractivity contribution in [1.82, 2.24) is 19.5 Å². The maximum atomic E-state index is 14.6. The third-order valence-electron chi connectivity index (χ3n) is 9.52. The van der Waals surface area contributed by atoms with E-state index in [1.807, 2.05) is 20.8 Å². The minimum atomic E-state index is -0.774. The number of amides is 2. The number of H-pyrrole nitrogens is 1. The number of rotatable bonds is 10. The van der Waals surface area contributed by atoms with Gasteiger partial charge in [0.1, 0.15) is 23.0 Å². The van der Waals surface area contributed by atoms with Gasteiger partial charge < -0.3 is 24.4 Å². The number of nitrogens with zero attached hydrogens (tertiary/aromatic N) is 4. The average molecular weight is 729 g/mol. The average Bonchev–Trinajstić information content (AvgIpc) is 3.58. The van der Waals surface area contributed by atoms with Gasteiger partial charge in [-0.25, -0.2) is 23.9 Å². The molecular formula is C41H56N6O6. The Morgan fingerprint density at radius 1 is 1.04 bits per heavy atom. The van der Waals surface area contributed by atoms with E-state index in [0.29, 0.717) is 22.9 Å². The maximum absolute atomic E-state index is 14.6. The van der Waals surface area contributed by atoms with Gasteiger partial charge in [0.25, 0.3) is 5.69 Å². The van der Waals surface area contributed by atoms with Gasteiger partial charge in [0.2, 0.25) is 11.8 Å². The number of fused-ring (bicyclic) bond motifs is 1. The van der Waals surface area contributed by atoms with Gasteiger partial charge in [-0.3, -0.25) is 9.89 Å². The van der Waals surface area contributed by atoms with Gasteiger partial charge >= 0.3 is 12.1 Å². The van der Waals surface area contributed by atoms with E-state index in [1.165, 1.54) is 16.3 Å². The van der Waals surface area contributed by atoms with E-state index in [1.54, 1.807) is 30.4 Å². The second kappa shape index (κ2) is 15.5. The summed E-state index contributed by atoms with van der Waals surface area (Å²) >= 11 is 0. The lowest BCUT2D eigenvalue weighted by Crippen LogP contribution is -2.49. The van der Waals surface area contributed by atoms with E-state index in [2.05, 4.69) is 76.9 Å². The number of ether oxygens (including phenoxy) is 3. The highest BCUT2D eigenvalue weighted by atomic mass is 16.6. The summed E-state index contributed by atoms with van der Waals surface area (Å²) in [4.78, 5) is 50.1. The minimum absolute atomic E-state index is 0.0494. The van der Waals surface area contributed by atoms with Crippen LogP contribution in [0, 0.1) is 35.2 Å². The molecule has 0 radical (unpaired) electrons. The van der Waals surface area contributed by atoms with Gasteiger partial charge in [0.05, 0.1) is 12.3 Å². The summed E-state index contributed by atoms with van der Waals surface area (Å²) in [5.41, 5.74) is -0.205. The van der Waals surface area contributed by atoms with E-state index >= 15 is 0 Å². The van der Waals surface area contributed by atoms with Crippen LogP contribution in [0.3, 0.4) is 0 Å². The Hall–Kier alpha value is -5.05. The van der Waals surface area contributed by atoms with Crippen LogP contribution in [0.15, 0.2) is 43.5 Å². The molecule has 286 valence electrons. The van der Waals surface area contributed by atoms with E-state index in [0.717, 1.165) is 12.8 Å². The number of hydrogen-bond donors (Lipinski definition) is 2. The Bertz CT molecular complexity index is 1880. The second-order valence-electron chi connectivity index (χ2n) is 17.2. The summed E-state index contributed by atoms with van der Waals surface area (Å²) in [5, 5.41) is 5.95. The summed E-state index contributed by atoms with van der Waals surface area (Å²) in [7, 11) is 0. The summed E-state index contributed by atoms with van der Waals surface area (Å²) in [6.07, 6.45) is 3.66. The standard InChI is InChI=1S/C41H56N6O6/c1-15-19-46(20-16-2)38(50)52-36-32(42-14)31(37(49)51-33-27(39(5,6)7)21-24(3)22-28(33)40(8,9)10)35-44-34(45-47(35)36)26-17-18-30(53-41(11,12)13)29(23-26)43-25(4)48/h15-18,23-24,27-28,33H,1-2,19-22H2,3-13H3,(H,43,48)(H,44,45). The van der Waals surface area contributed by atoms with Crippen molar-refractivity contribution in [3.05, 3.63) is 60.5 Å². The van der Waals surface area contributed by atoms with Crippen LogP contribution in [0.25, 0.3) is 21.9 Å². The number of esters is 1. The number of nitrogens with one attached hydrogen (secondary N) is 2. The molecule has 2 N–H and O–H groups in total. The zero-order valence-electron chi connectivity index (χ0n) is 33.2. The van der Waals surface area contributed by atoms with Crippen LogP contribution < -0.4 is 14.8 Å². The smallest absolute Gasteiger partial charge is 0.416 e. The highest BCUT2D eigenvalue weighted by molar-refractivity contribution is 6.05. The van der Waals surface area contributed by atoms with Gasteiger partial charge in [-0.2, -0.15) is 0 Å². The van der Waals surface area contributed by atoms with Gasteiger partial charge in [0.15, 0.2) is 11.5 Å². The van der Waals surface area contributed by atoms with Crippen molar-refractivity contribution in [2.24, 2.45) is 28.6 Å². The maximum Gasteiger partial charge on any atom is 0.416 e. The van der Waals surface area contributed by atoms with Crippen LogP contribution in [0.5, 0.6) is 11.6 Å². The molecule has 2 atom stereocenters. The molecule has 12 heteroatoms. The Kier molecular flexibility index (Phi) is 11.9. The molecule has 1 saturated carbocycles. The predicted octanol–water partition coefficient (Wildman–Crippen LogP) is 9.47. The van der Waals surface area contributed by atoms with Crippen LogP contribution in [-0.2, 0) is 9.53 Å². The van der Waals surface area contributed by atoms with Crippen molar-refractivity contribution in [2.75, 3.05) is 18.4 Å². The molecule has 0 aliphatic heterocycles. The van der Waals surface area contributed by atoms with Crippen LogP contribution in [-0.4, -0.2) is 62.3 Å². The Labute approximate surface area is 313 Å². The summed E-state index contributed by atoms with van der Waals surface area (Å²) in [6.45, 7) is 38.3. The SMILES string of the molecule is [C-]#[N+]c1c(C(=O)OC2C(C(C)(C)C)CC(C)CC2C(C)(C)C)c2nc(-c3ccc(OC(C)(C)C)c(NC(C)=O)c3)[nH]n2c1OC(=O)N(CC=C)CC=C. The first-order chi connectivity index (χ1) is 24.6. The van der Waals surface area contributed by atoms with Crippen molar-refractivity contribution < 1.29 is 28.6 Å². The van der Waals surface area contributed by atoms with Crippen molar-refractivity contribution in [2.45, 2.75) is 101 Å². The molecular weight excluding hydrogens is 672 g/mol. The highest BCUT2D eigenvalue weighted by Gasteiger charge is 2.48. The van der Waals surface area contributed by atoms with Crippen molar-refractivity contribution >= 4 is 35.0 Å². The van der Waals surface area contributed by atoms with Crippen LogP contribution in [0.4, 0.5) is 16.2 Å². The third-order valence-corrected chi connectivity index (χ3v) is 9.52. The monoisotopic (exact) mass is 728 g/mol. The zero-order valence-corrected chi connectivity index (χ0v) is 33.2. The molecule has 1 aromatic carbocycles. The molecule has 3 aromatic rings. The first kappa shape index (κ1) is 40.7. The molecule has 0 spiro atoms. The van der Waals surface area contributed by atoms with Gasteiger partial charge in [-0.05, 0) is 68.6 Å². The first-order valence-corrected chi connectivity index (χ1v) is 18.1. The predicted molar refractivity (Wildman–Crippen MR) is 207 cm³/mol. The highest BCUT2D eigenvalue weighted by Crippen LogP contribution is 2.50. The van der Waals surface area contributed by atoms with Crippen LogP contribution in [0.1, 0.15) is 99.4 Å². The summed E-state index contributed by atoms with van der Waals surface area (Å²) in [6, 6.07) is 5.17. The van der Waals surface area contributed by atoms with Gasteiger partial charge in [-0.1, -0.05) is 60.6 Å². The second-order valence-corrected chi connectivity index (χ2v) is 17.2. The fourth-order valence-electron chi connectivity index (χ4n) is 7.11. The Morgan fingerprint density at radius 3 is 2.11 bits per heavy atom. The lowest BCUT2D eigenvalue weighted by molar-refractivity contribution is -0.114. The summed E-state index contributed by atoms with van der Waals surface area (Å²) in [5.74, 6) is 0.0396. The van der Waals surface area contributed by atoms with E-state index in [4.69, 9.17) is 25.8 Å². The molecule has 12 nitrogen and oxygen atoms in total. The van der Waals surface area contributed by atoms with E-state index in [9.17, 15) is 14.4 Å². The lowest BCUT2D eigenvalue weighted by atomic mass is 9.59. The molecule has 1 aliphatic rings. The molecule has 2 heterocycles. The minimum Gasteiger partial charge on any atom is -0.486 e. The van der Waals surface area contributed by atoms with Crippen molar-refractivity contribution in [3.63, 3.8) is 0 Å². The van der Waals surface area contributed by atoms with Crippen LogP contribution >= 0.6 is 0 Å². The number of aromatic amines is 1. The van der Waals surface area contributed by atoms with Crippen molar-refractivity contribution in [1.29, 1.82) is 0 Å². The topological polar surface area (TPSA) is 132 Å². The fourth-order valence-corrected chi connectivity index (χ4v) is 7.11. The number of aromatic nitrogens is 3. The molecule has 53 heavy (non-hydrogen) atoms. The Morgan fingerprint density at radius 2 is 1.62 bits per heavy atom. The molecule has 2 unspecified atom stereocenters. The van der Waals surface area contributed by atoms with E-state index in [-0.39, 0.29) is 70.3 Å². The first-order valence-electron chi connectivity index (χ1n) is 18.1. The summed E-state index contributed by atoms with van der Waals surface area (Å²) < 4.78 is 19.8. The van der Waals surface area contributed by atoms with Gasteiger partial charge in [-0.15, -0.1) is 13.2 Å². The quantitative estimate of drug-likeness (QED) is 0.121. The molecule has 2 aromatic heterocycles. The number of benzene rings is 1. The third kappa shape index (κ3) is 9.31. The van der Waals surface area contributed by atoms with E-state index < -0.39 is 23.8 Å². The number of anilines is 1. The normalized spacial score (nSPS) is 19.2. The number of carbonyl (C=O) groups excluding carboxylic acids is 3. The lowest BCUT2D eigenvalue weighted by Gasteiger charge is -2.50. The molecule has 1 aliphatic carbocycles. The molecule has 2 amide bonds. The molecule has 0 bridgehead atoms. The largest absolute Gasteiger partial charge is 0.486 e. The zero-order chi connectivity index (χ0) is 39.6. The fraction of sp³-hybridized carbons (Fsp3) is 0.537. The number of hydrogen-bond acceptors (Lipinski definition) is 7. The molecule has 1 fully saturated rings. The van der Waals surface area contributed by atoms with Gasteiger partial charge in [0, 0.05) is 37.4 Å². The Balaban J connectivity index is 1.93.